The normalized spacial score (nSPS) is 15.5. The van der Waals surface area contributed by atoms with Gasteiger partial charge in [-0.2, -0.15) is 0 Å². The van der Waals surface area contributed by atoms with Gasteiger partial charge in [0.1, 0.15) is 0 Å². The highest BCUT2D eigenvalue weighted by Crippen LogP contribution is 2.25. The first-order chi connectivity index (χ1) is 13.5. The number of carbonyl (C=O) groups is 1. The second-order valence-corrected chi connectivity index (χ2v) is 8.71. The van der Waals surface area contributed by atoms with E-state index in [1.165, 1.54) is 11.3 Å². The summed E-state index contributed by atoms with van der Waals surface area (Å²) in [5.74, 6) is 0.641. The number of nitrogens with zero attached hydrogens (tertiary/aromatic N) is 4. The number of fused-ring (bicyclic) bond motifs is 1. The maximum Gasteiger partial charge on any atom is 0.282 e. The summed E-state index contributed by atoms with van der Waals surface area (Å²) in [4.78, 5) is 35.9. The van der Waals surface area contributed by atoms with Gasteiger partial charge in [0.25, 0.3) is 11.5 Å². The number of aromatic nitrogens is 3. The highest BCUT2D eigenvalue weighted by atomic mass is 32.1. The van der Waals surface area contributed by atoms with Crippen LogP contribution >= 0.6 is 11.3 Å². The van der Waals surface area contributed by atoms with Gasteiger partial charge in [0.2, 0.25) is 0 Å². The molecule has 0 unspecified atom stereocenters. The van der Waals surface area contributed by atoms with Crippen LogP contribution < -0.4 is 5.56 Å². The van der Waals surface area contributed by atoms with E-state index in [2.05, 4.69) is 9.97 Å². The summed E-state index contributed by atoms with van der Waals surface area (Å²) in [6, 6.07) is 9.46. The van der Waals surface area contributed by atoms with Crippen LogP contribution in [0, 0.1) is 5.92 Å². The largest absolute Gasteiger partial charge is 0.337 e. The average molecular weight is 397 g/mol. The van der Waals surface area contributed by atoms with Crippen molar-refractivity contribution in [2.75, 3.05) is 13.1 Å². The monoisotopic (exact) mass is 396 g/mol. The van der Waals surface area contributed by atoms with Gasteiger partial charge in [0, 0.05) is 25.7 Å². The number of amides is 1. The van der Waals surface area contributed by atoms with Gasteiger partial charge in [-0.3, -0.25) is 14.2 Å². The molecule has 1 fully saturated rings. The summed E-state index contributed by atoms with van der Waals surface area (Å²) in [7, 11) is 0. The molecule has 7 heteroatoms. The van der Waals surface area contributed by atoms with Gasteiger partial charge in [-0.05, 0) is 36.8 Å². The first-order valence-corrected chi connectivity index (χ1v) is 10.5. The molecule has 0 spiro atoms. The van der Waals surface area contributed by atoms with Crippen LogP contribution in [-0.2, 0) is 6.54 Å². The molecule has 1 aliphatic heterocycles. The van der Waals surface area contributed by atoms with Crippen molar-refractivity contribution >= 4 is 27.5 Å². The summed E-state index contributed by atoms with van der Waals surface area (Å²) < 4.78 is 2.74. The number of thiazole rings is 1. The standard InChI is InChI=1S/C21H24N4O2S/c1-14(2)17-11-19(26)25(13-22-17)12-15-7-9-24(10-8-15)21(27)20-23-16-5-3-4-6-18(16)28-20/h3-6,11,13-15H,7-10,12H2,1-2H3. The van der Waals surface area contributed by atoms with E-state index >= 15 is 0 Å². The van der Waals surface area contributed by atoms with Crippen LogP contribution in [0.1, 0.15) is 48.1 Å². The van der Waals surface area contributed by atoms with E-state index < -0.39 is 0 Å². The predicted molar refractivity (Wildman–Crippen MR) is 111 cm³/mol. The Labute approximate surface area is 167 Å². The van der Waals surface area contributed by atoms with Crippen LogP contribution in [0.25, 0.3) is 10.2 Å². The van der Waals surface area contributed by atoms with Crippen molar-refractivity contribution in [3.8, 4) is 0 Å². The molecule has 28 heavy (non-hydrogen) atoms. The van der Waals surface area contributed by atoms with Gasteiger partial charge in [-0.25, -0.2) is 9.97 Å². The molecule has 1 amide bonds. The highest BCUT2D eigenvalue weighted by molar-refractivity contribution is 7.20. The van der Waals surface area contributed by atoms with Crippen LogP contribution in [0.3, 0.4) is 0 Å². The third-order valence-electron chi connectivity index (χ3n) is 5.33. The molecule has 1 saturated heterocycles. The summed E-state index contributed by atoms with van der Waals surface area (Å²) >= 11 is 1.45. The first kappa shape index (κ1) is 18.8. The Bertz CT molecular complexity index is 1010. The number of likely N-dealkylation sites (tertiary alicyclic amines) is 1. The lowest BCUT2D eigenvalue weighted by atomic mass is 9.96. The van der Waals surface area contributed by atoms with E-state index in [4.69, 9.17) is 0 Å². The predicted octanol–water partition coefficient (Wildman–Crippen LogP) is 3.53. The molecule has 3 aromatic rings. The van der Waals surface area contributed by atoms with Gasteiger partial charge in [0.05, 0.1) is 22.2 Å². The number of carbonyl (C=O) groups excluding carboxylic acids is 1. The van der Waals surface area contributed by atoms with Gasteiger partial charge in [-0.1, -0.05) is 26.0 Å². The van der Waals surface area contributed by atoms with E-state index in [9.17, 15) is 9.59 Å². The molecule has 1 aliphatic rings. The van der Waals surface area contributed by atoms with Crippen molar-refractivity contribution in [3.05, 3.63) is 57.7 Å². The quantitative estimate of drug-likeness (QED) is 0.677. The lowest BCUT2D eigenvalue weighted by Gasteiger charge is -2.31. The van der Waals surface area contributed by atoms with E-state index in [0.717, 1.165) is 28.8 Å². The fraction of sp³-hybridized carbons (Fsp3) is 0.429. The van der Waals surface area contributed by atoms with E-state index in [-0.39, 0.29) is 17.4 Å². The molecule has 1 aromatic carbocycles. The third kappa shape index (κ3) is 3.85. The van der Waals surface area contributed by atoms with Crippen LogP contribution in [0.4, 0.5) is 0 Å². The Kier molecular flexibility index (Phi) is 5.26. The minimum Gasteiger partial charge on any atom is -0.337 e. The molecule has 4 rings (SSSR count). The fourth-order valence-corrected chi connectivity index (χ4v) is 4.52. The molecule has 0 bridgehead atoms. The number of rotatable bonds is 4. The van der Waals surface area contributed by atoms with Crippen molar-refractivity contribution in [1.29, 1.82) is 0 Å². The van der Waals surface area contributed by atoms with Crippen molar-refractivity contribution < 1.29 is 4.79 Å². The maximum atomic E-state index is 12.8. The van der Waals surface area contributed by atoms with Gasteiger partial charge >= 0.3 is 0 Å². The average Bonchev–Trinajstić information content (AvgIpc) is 3.13. The maximum absolute atomic E-state index is 12.8. The zero-order valence-electron chi connectivity index (χ0n) is 16.2. The summed E-state index contributed by atoms with van der Waals surface area (Å²) in [6.07, 6.45) is 3.43. The SMILES string of the molecule is CC(C)c1cc(=O)n(CC2CCN(C(=O)c3nc4ccccc4s3)CC2)cn1. The minimum absolute atomic E-state index is 0.00619. The molecular formula is C21H24N4O2S. The zero-order valence-corrected chi connectivity index (χ0v) is 17.0. The second-order valence-electron chi connectivity index (χ2n) is 7.68. The number of para-hydroxylation sites is 1. The lowest BCUT2D eigenvalue weighted by Crippen LogP contribution is -2.40. The lowest BCUT2D eigenvalue weighted by molar-refractivity contribution is 0.0682. The molecule has 0 radical (unpaired) electrons. The fourth-order valence-electron chi connectivity index (χ4n) is 3.59. The molecule has 146 valence electrons. The second kappa shape index (κ2) is 7.83. The van der Waals surface area contributed by atoms with Crippen molar-refractivity contribution in [2.24, 2.45) is 5.92 Å². The molecule has 0 aliphatic carbocycles. The smallest absolute Gasteiger partial charge is 0.282 e. The van der Waals surface area contributed by atoms with Crippen LogP contribution in [0.5, 0.6) is 0 Å². The van der Waals surface area contributed by atoms with Crippen LogP contribution in [0.2, 0.25) is 0 Å². The number of hydrogen-bond donors (Lipinski definition) is 0. The number of piperidine rings is 1. The molecule has 3 heterocycles. The number of benzene rings is 1. The Morgan fingerprint density at radius 2 is 2.00 bits per heavy atom. The first-order valence-electron chi connectivity index (χ1n) is 9.72. The molecule has 6 nitrogen and oxygen atoms in total. The van der Waals surface area contributed by atoms with Crippen LogP contribution in [-0.4, -0.2) is 38.4 Å². The Balaban J connectivity index is 1.38. The highest BCUT2D eigenvalue weighted by Gasteiger charge is 2.26. The van der Waals surface area contributed by atoms with E-state index in [0.29, 0.717) is 30.6 Å². The van der Waals surface area contributed by atoms with Crippen molar-refractivity contribution in [2.45, 2.75) is 39.2 Å². The molecule has 0 N–H and O–H groups in total. The molecular weight excluding hydrogens is 372 g/mol. The summed E-state index contributed by atoms with van der Waals surface area (Å²) in [5, 5.41) is 0.560. The van der Waals surface area contributed by atoms with Gasteiger partial charge in [-0.15, -0.1) is 11.3 Å². The van der Waals surface area contributed by atoms with Gasteiger partial charge in [0.15, 0.2) is 5.01 Å². The zero-order chi connectivity index (χ0) is 19.7. The minimum atomic E-state index is 0.00619. The topological polar surface area (TPSA) is 68.1 Å². The summed E-state index contributed by atoms with van der Waals surface area (Å²) in [6.45, 7) is 6.12. The van der Waals surface area contributed by atoms with Crippen molar-refractivity contribution in [3.63, 3.8) is 0 Å². The molecule has 0 atom stereocenters. The van der Waals surface area contributed by atoms with E-state index in [1.54, 1.807) is 17.0 Å². The Morgan fingerprint density at radius 1 is 1.25 bits per heavy atom. The van der Waals surface area contributed by atoms with E-state index in [1.807, 2.05) is 43.0 Å². The van der Waals surface area contributed by atoms with Gasteiger partial charge < -0.3 is 4.90 Å². The number of hydrogen-bond acceptors (Lipinski definition) is 5. The summed E-state index contributed by atoms with van der Waals surface area (Å²) in [5.41, 5.74) is 1.71. The molecule has 2 aromatic heterocycles. The Morgan fingerprint density at radius 3 is 2.68 bits per heavy atom. The van der Waals surface area contributed by atoms with Crippen LogP contribution in [0.15, 0.2) is 41.5 Å². The van der Waals surface area contributed by atoms with Crippen molar-refractivity contribution in [1.82, 2.24) is 19.4 Å². The Hall–Kier alpha value is -2.54. The molecule has 0 saturated carbocycles. The third-order valence-corrected chi connectivity index (χ3v) is 6.35.